The van der Waals surface area contributed by atoms with E-state index in [0.29, 0.717) is 11.1 Å². The van der Waals surface area contributed by atoms with Crippen LogP contribution in [-0.4, -0.2) is 36.5 Å². The summed E-state index contributed by atoms with van der Waals surface area (Å²) in [6.07, 6.45) is 0.723. The second kappa shape index (κ2) is 5.90. The number of aromatic nitrogens is 1. The van der Waals surface area contributed by atoms with Crippen molar-refractivity contribution in [1.29, 1.82) is 0 Å². The Bertz CT molecular complexity index is 578. The van der Waals surface area contributed by atoms with Crippen LogP contribution in [0.15, 0.2) is 24.4 Å². The van der Waals surface area contributed by atoms with Gasteiger partial charge in [-0.3, -0.25) is 4.98 Å². The summed E-state index contributed by atoms with van der Waals surface area (Å²) in [6, 6.07) is 3.59. The van der Waals surface area contributed by atoms with Gasteiger partial charge in [-0.05, 0) is 12.1 Å². The van der Waals surface area contributed by atoms with E-state index < -0.39 is 17.7 Å². The number of halogens is 2. The van der Waals surface area contributed by atoms with E-state index in [0.717, 1.165) is 6.07 Å². The minimum absolute atomic E-state index is 0.0904. The van der Waals surface area contributed by atoms with Gasteiger partial charge in [0.05, 0.1) is 12.7 Å². The fourth-order valence-electron chi connectivity index (χ4n) is 1.81. The van der Waals surface area contributed by atoms with Gasteiger partial charge in [-0.15, -0.1) is 0 Å². The normalized spacial score (nSPS) is 12.6. The lowest BCUT2D eigenvalue weighted by Gasteiger charge is -2.13. The number of methoxy groups -OCH3 is 1. The Hall–Kier alpha value is -1.79. The van der Waals surface area contributed by atoms with Crippen molar-refractivity contribution in [3.63, 3.8) is 0 Å². The number of aliphatic hydroxyl groups excluding tert-OH is 1. The van der Waals surface area contributed by atoms with E-state index in [1.54, 1.807) is 6.07 Å². The van der Waals surface area contributed by atoms with Gasteiger partial charge in [0.1, 0.15) is 11.3 Å². The Morgan fingerprint density at radius 2 is 2.21 bits per heavy atom. The third-order valence-electron chi connectivity index (χ3n) is 2.65. The minimum atomic E-state index is -0.712. The summed E-state index contributed by atoms with van der Waals surface area (Å²) < 4.78 is 31.6. The van der Waals surface area contributed by atoms with E-state index in [4.69, 9.17) is 4.74 Å². The molecule has 0 bridgehead atoms. The van der Waals surface area contributed by atoms with Crippen LogP contribution in [0.5, 0.6) is 0 Å². The lowest BCUT2D eigenvalue weighted by Crippen LogP contribution is -2.24. The second-order valence-corrected chi connectivity index (χ2v) is 4.13. The number of rotatable bonds is 5. The number of fused-ring (bicyclic) bond motifs is 1. The summed E-state index contributed by atoms with van der Waals surface area (Å²) in [5, 5.41) is 12.8. The van der Waals surface area contributed by atoms with Gasteiger partial charge in [-0.2, -0.15) is 0 Å². The number of nitrogens with one attached hydrogen (secondary N) is 1. The first-order valence-corrected chi connectivity index (χ1v) is 5.76. The number of pyridine rings is 1. The topological polar surface area (TPSA) is 54.4 Å². The number of ether oxygens (including phenoxy) is 1. The lowest BCUT2D eigenvalue weighted by atomic mass is 10.1. The van der Waals surface area contributed by atoms with Crippen LogP contribution in [-0.2, 0) is 4.74 Å². The van der Waals surface area contributed by atoms with Crippen molar-refractivity contribution in [3.05, 3.63) is 36.0 Å². The number of aliphatic hydroxyl groups is 1. The van der Waals surface area contributed by atoms with Gasteiger partial charge in [0.15, 0.2) is 5.82 Å². The molecule has 0 aliphatic carbocycles. The molecule has 0 aliphatic heterocycles. The first kappa shape index (κ1) is 13.6. The lowest BCUT2D eigenvalue weighted by molar-refractivity contribution is 0.0728. The highest BCUT2D eigenvalue weighted by atomic mass is 19.1. The third-order valence-corrected chi connectivity index (χ3v) is 2.65. The molecule has 102 valence electrons. The fraction of sp³-hybridized carbons (Fsp3) is 0.308. The number of nitrogens with zero attached hydrogens (tertiary/aromatic N) is 1. The van der Waals surface area contributed by atoms with Crippen LogP contribution in [0.2, 0.25) is 0 Å². The highest BCUT2D eigenvalue weighted by Gasteiger charge is 2.10. The first-order valence-electron chi connectivity index (χ1n) is 5.76. The minimum Gasteiger partial charge on any atom is -0.389 e. The largest absolute Gasteiger partial charge is 0.389 e. The van der Waals surface area contributed by atoms with Crippen molar-refractivity contribution in [2.75, 3.05) is 25.6 Å². The molecule has 19 heavy (non-hydrogen) atoms. The van der Waals surface area contributed by atoms with Crippen LogP contribution in [0, 0.1) is 11.6 Å². The van der Waals surface area contributed by atoms with Crippen molar-refractivity contribution in [1.82, 2.24) is 4.98 Å². The molecule has 0 aliphatic rings. The van der Waals surface area contributed by atoms with E-state index in [2.05, 4.69) is 10.3 Å². The molecule has 0 saturated heterocycles. The molecule has 2 N–H and O–H groups in total. The first-order chi connectivity index (χ1) is 9.11. The summed E-state index contributed by atoms with van der Waals surface area (Å²) in [7, 11) is 1.48. The zero-order valence-corrected chi connectivity index (χ0v) is 10.4. The molecule has 1 heterocycles. The Kier molecular flexibility index (Phi) is 4.24. The van der Waals surface area contributed by atoms with Gasteiger partial charge in [0.2, 0.25) is 0 Å². The number of hydrogen-bond acceptors (Lipinski definition) is 4. The molecule has 1 aromatic carbocycles. The number of benzene rings is 1. The summed E-state index contributed by atoms with van der Waals surface area (Å²) >= 11 is 0. The Labute approximate surface area is 109 Å². The molecule has 0 radical (unpaired) electrons. The van der Waals surface area contributed by atoms with Crippen molar-refractivity contribution < 1.29 is 18.6 Å². The van der Waals surface area contributed by atoms with Gasteiger partial charge >= 0.3 is 0 Å². The maximum Gasteiger partial charge on any atom is 0.152 e. The van der Waals surface area contributed by atoms with Gasteiger partial charge in [0.25, 0.3) is 0 Å². The third kappa shape index (κ3) is 3.15. The smallest absolute Gasteiger partial charge is 0.152 e. The Morgan fingerprint density at radius 1 is 1.42 bits per heavy atom. The molecule has 6 heteroatoms. The molecule has 1 aromatic heterocycles. The molecule has 2 rings (SSSR count). The predicted molar refractivity (Wildman–Crippen MR) is 68.0 cm³/mol. The molecule has 0 saturated carbocycles. The molecule has 1 atom stereocenters. The summed E-state index contributed by atoms with van der Waals surface area (Å²) in [4.78, 5) is 3.88. The monoisotopic (exact) mass is 268 g/mol. The predicted octanol–water partition coefficient (Wildman–Crippen LogP) is 1.93. The summed E-state index contributed by atoms with van der Waals surface area (Å²) in [5.74, 6) is -1.38. The van der Waals surface area contributed by atoms with E-state index >= 15 is 0 Å². The standard InChI is InChI=1S/C13H14F2N2O2/c1-19-7-9(18)6-17-12-2-3-16-13-10(12)4-8(14)5-11(13)15/h2-5,9,18H,6-7H2,1H3,(H,16,17)/t9-/m1/s1. The molecule has 0 fully saturated rings. The van der Waals surface area contributed by atoms with Crippen LogP contribution < -0.4 is 5.32 Å². The summed E-state index contributed by atoms with van der Waals surface area (Å²) in [5.41, 5.74) is 0.603. The summed E-state index contributed by atoms with van der Waals surface area (Å²) in [6.45, 7) is 0.393. The van der Waals surface area contributed by atoms with Crippen LogP contribution in [0.1, 0.15) is 0 Å². The van der Waals surface area contributed by atoms with E-state index in [1.165, 1.54) is 19.4 Å². The van der Waals surface area contributed by atoms with Gasteiger partial charge < -0.3 is 15.2 Å². The highest BCUT2D eigenvalue weighted by Crippen LogP contribution is 2.24. The second-order valence-electron chi connectivity index (χ2n) is 4.13. The molecule has 0 amide bonds. The quantitative estimate of drug-likeness (QED) is 0.870. The molecular formula is C13H14F2N2O2. The van der Waals surface area contributed by atoms with Crippen LogP contribution in [0.3, 0.4) is 0 Å². The average molecular weight is 268 g/mol. The number of anilines is 1. The molecule has 0 unspecified atom stereocenters. The Balaban J connectivity index is 2.28. The van der Waals surface area contributed by atoms with E-state index in [1.807, 2.05) is 0 Å². The molecule has 0 spiro atoms. The van der Waals surface area contributed by atoms with Gasteiger partial charge in [-0.25, -0.2) is 8.78 Å². The van der Waals surface area contributed by atoms with E-state index in [9.17, 15) is 13.9 Å². The van der Waals surface area contributed by atoms with Crippen LogP contribution in [0.4, 0.5) is 14.5 Å². The average Bonchev–Trinajstić information content (AvgIpc) is 2.36. The maximum atomic E-state index is 13.5. The van der Waals surface area contributed by atoms with Crippen molar-refractivity contribution in [3.8, 4) is 0 Å². The number of hydrogen-bond donors (Lipinski definition) is 2. The van der Waals surface area contributed by atoms with Crippen molar-refractivity contribution in [2.45, 2.75) is 6.10 Å². The highest BCUT2D eigenvalue weighted by molar-refractivity contribution is 5.91. The van der Waals surface area contributed by atoms with E-state index in [-0.39, 0.29) is 18.7 Å². The SMILES string of the molecule is COC[C@H](O)CNc1ccnc2c(F)cc(F)cc12. The molecule has 2 aromatic rings. The van der Waals surface area contributed by atoms with Gasteiger partial charge in [0, 0.05) is 37.0 Å². The zero-order chi connectivity index (χ0) is 13.8. The van der Waals surface area contributed by atoms with Crippen LogP contribution in [0.25, 0.3) is 10.9 Å². The fourth-order valence-corrected chi connectivity index (χ4v) is 1.81. The molecule has 4 nitrogen and oxygen atoms in total. The van der Waals surface area contributed by atoms with Crippen LogP contribution >= 0.6 is 0 Å². The van der Waals surface area contributed by atoms with Crippen molar-refractivity contribution >= 4 is 16.6 Å². The maximum absolute atomic E-state index is 13.5. The van der Waals surface area contributed by atoms with Gasteiger partial charge in [-0.1, -0.05) is 0 Å². The molecular weight excluding hydrogens is 254 g/mol. The zero-order valence-electron chi connectivity index (χ0n) is 10.4. The van der Waals surface area contributed by atoms with Crippen molar-refractivity contribution in [2.24, 2.45) is 0 Å². The Morgan fingerprint density at radius 3 is 2.95 bits per heavy atom.